The highest BCUT2D eigenvalue weighted by Crippen LogP contribution is 2.45. The van der Waals surface area contributed by atoms with E-state index < -0.39 is 0 Å². The third-order valence-electron chi connectivity index (χ3n) is 1.98. The summed E-state index contributed by atoms with van der Waals surface area (Å²) in [5.74, 6) is 0. The Hall–Kier alpha value is -1.07. The van der Waals surface area contributed by atoms with Gasteiger partial charge in [-0.05, 0) is 17.7 Å². The number of carbonyl (C=O) groups excluding carboxylic acids is 1. The summed E-state index contributed by atoms with van der Waals surface area (Å²) in [5.41, 5.74) is 0. The van der Waals surface area contributed by atoms with E-state index in [1.165, 1.54) is 4.21 Å². The highest BCUT2D eigenvalue weighted by molar-refractivity contribution is 8.23. The molecule has 1 unspecified atom stereocenters. The Balaban J connectivity index is 2.12. The summed E-state index contributed by atoms with van der Waals surface area (Å²) in [7, 11) is -0.302. The van der Waals surface area contributed by atoms with E-state index in [0.717, 1.165) is 5.01 Å². The number of aromatic nitrogens is 1. The van der Waals surface area contributed by atoms with Gasteiger partial charge in [0.2, 0.25) is 0 Å². The van der Waals surface area contributed by atoms with Crippen LogP contribution in [-0.4, -0.2) is 11.5 Å². The SMILES string of the molecule is CC(OC=O)c1ncc([SH]2C=CC=C2)s1. The number of thiazole rings is 1. The lowest BCUT2D eigenvalue weighted by Gasteiger charge is -2.06. The Morgan fingerprint density at radius 1 is 1.53 bits per heavy atom. The molecule has 15 heavy (non-hydrogen) atoms. The van der Waals surface area contributed by atoms with E-state index in [1.54, 1.807) is 11.3 Å². The van der Waals surface area contributed by atoms with E-state index in [9.17, 15) is 4.79 Å². The van der Waals surface area contributed by atoms with Gasteiger partial charge in [0.25, 0.3) is 6.47 Å². The Bertz CT molecular complexity index is 399. The van der Waals surface area contributed by atoms with Crippen molar-refractivity contribution in [1.29, 1.82) is 0 Å². The predicted octanol–water partition coefficient (Wildman–Crippen LogP) is 2.78. The second kappa shape index (κ2) is 4.63. The summed E-state index contributed by atoms with van der Waals surface area (Å²) < 4.78 is 6.08. The standard InChI is InChI=1S/C10H11NO2S2/c1-8(13-7-12)10-11-6-9(14-10)15-4-2-3-5-15/h2-8,15H,1H3. The third kappa shape index (κ3) is 2.30. The van der Waals surface area contributed by atoms with E-state index in [-0.39, 0.29) is 17.0 Å². The first-order valence-corrected chi connectivity index (χ1v) is 6.79. The molecule has 1 atom stereocenters. The minimum absolute atomic E-state index is 0.244. The Morgan fingerprint density at radius 2 is 2.27 bits per heavy atom. The van der Waals surface area contributed by atoms with Gasteiger partial charge in [-0.3, -0.25) is 4.79 Å². The fourth-order valence-electron chi connectivity index (χ4n) is 1.21. The number of thiol groups is 1. The van der Waals surface area contributed by atoms with Gasteiger partial charge in [0.1, 0.15) is 5.01 Å². The summed E-state index contributed by atoms with van der Waals surface area (Å²) >= 11 is 1.61. The number of hydrogen-bond donors (Lipinski definition) is 1. The van der Waals surface area contributed by atoms with Crippen LogP contribution in [0.1, 0.15) is 18.0 Å². The lowest BCUT2D eigenvalue weighted by Crippen LogP contribution is -1.96. The number of hydrogen-bond acceptors (Lipinski definition) is 4. The van der Waals surface area contributed by atoms with Crippen molar-refractivity contribution < 1.29 is 9.53 Å². The first-order valence-electron chi connectivity index (χ1n) is 4.49. The third-order valence-corrected chi connectivity index (χ3v) is 5.46. The molecule has 0 N–H and O–H groups in total. The van der Waals surface area contributed by atoms with E-state index in [2.05, 4.69) is 28.0 Å². The van der Waals surface area contributed by atoms with E-state index in [1.807, 2.05) is 13.1 Å². The van der Waals surface area contributed by atoms with Gasteiger partial charge in [-0.25, -0.2) is 4.98 Å². The van der Waals surface area contributed by atoms with E-state index >= 15 is 0 Å². The average Bonchev–Trinajstić information content (AvgIpc) is 2.89. The molecule has 0 bridgehead atoms. The normalized spacial score (nSPS) is 18.1. The van der Waals surface area contributed by atoms with Crippen molar-refractivity contribution in [2.75, 3.05) is 0 Å². The van der Waals surface area contributed by atoms with Gasteiger partial charge in [-0.15, -0.1) is 11.3 Å². The molecule has 0 saturated carbocycles. The Morgan fingerprint density at radius 3 is 2.93 bits per heavy atom. The molecule has 0 aliphatic carbocycles. The molecule has 0 spiro atoms. The molecule has 0 aromatic carbocycles. The maximum Gasteiger partial charge on any atom is 0.293 e. The Kier molecular flexibility index (Phi) is 3.23. The van der Waals surface area contributed by atoms with Gasteiger partial charge in [-0.2, -0.15) is 10.9 Å². The first kappa shape index (κ1) is 10.4. The molecule has 2 heterocycles. The molecule has 1 aromatic heterocycles. The van der Waals surface area contributed by atoms with Crippen LogP contribution < -0.4 is 0 Å². The topological polar surface area (TPSA) is 39.2 Å². The molecule has 80 valence electrons. The van der Waals surface area contributed by atoms with Crippen LogP contribution >= 0.6 is 22.2 Å². The smallest absolute Gasteiger partial charge is 0.293 e. The highest BCUT2D eigenvalue weighted by Gasteiger charge is 2.13. The van der Waals surface area contributed by atoms with Crippen molar-refractivity contribution in [3.8, 4) is 0 Å². The minimum Gasteiger partial charge on any atom is -0.457 e. The second-order valence-corrected chi connectivity index (χ2v) is 6.26. The van der Waals surface area contributed by atoms with Crippen molar-refractivity contribution in [2.24, 2.45) is 0 Å². The predicted molar refractivity (Wildman–Crippen MR) is 63.2 cm³/mol. The molecule has 0 amide bonds. The van der Waals surface area contributed by atoms with Gasteiger partial charge >= 0.3 is 0 Å². The molecule has 0 saturated heterocycles. The number of carbonyl (C=O) groups is 1. The van der Waals surface area contributed by atoms with Crippen LogP contribution in [0, 0.1) is 0 Å². The Labute approximate surface area is 94.8 Å². The lowest BCUT2D eigenvalue weighted by atomic mass is 10.4. The van der Waals surface area contributed by atoms with Crippen LogP contribution in [0.5, 0.6) is 0 Å². The molecular formula is C10H11NO2S2. The fourth-order valence-corrected chi connectivity index (χ4v) is 4.08. The van der Waals surface area contributed by atoms with Crippen molar-refractivity contribution in [3.63, 3.8) is 0 Å². The quantitative estimate of drug-likeness (QED) is 0.651. The monoisotopic (exact) mass is 241 g/mol. The highest BCUT2D eigenvalue weighted by atomic mass is 32.2. The number of allylic oxidation sites excluding steroid dienone is 2. The van der Waals surface area contributed by atoms with Gasteiger partial charge in [0.15, 0.2) is 6.10 Å². The molecule has 2 rings (SSSR count). The van der Waals surface area contributed by atoms with Crippen LogP contribution in [-0.2, 0) is 9.53 Å². The zero-order valence-electron chi connectivity index (χ0n) is 8.16. The molecule has 5 heteroatoms. The number of nitrogens with zero attached hydrogens (tertiary/aromatic N) is 1. The number of ether oxygens (including phenoxy) is 1. The maximum absolute atomic E-state index is 10.2. The molecule has 0 fully saturated rings. The fraction of sp³-hybridized carbons (Fsp3) is 0.200. The summed E-state index contributed by atoms with van der Waals surface area (Å²) in [4.78, 5) is 14.5. The average molecular weight is 241 g/mol. The molecule has 1 aliphatic rings. The van der Waals surface area contributed by atoms with E-state index in [0.29, 0.717) is 6.47 Å². The summed E-state index contributed by atoms with van der Waals surface area (Å²) in [6.45, 7) is 2.29. The van der Waals surface area contributed by atoms with Gasteiger partial charge in [0.05, 0.1) is 10.4 Å². The zero-order chi connectivity index (χ0) is 10.7. The van der Waals surface area contributed by atoms with Crippen LogP contribution in [0.2, 0.25) is 0 Å². The summed E-state index contributed by atoms with van der Waals surface area (Å²) in [6, 6.07) is 0. The lowest BCUT2D eigenvalue weighted by molar-refractivity contribution is -0.133. The second-order valence-electron chi connectivity index (χ2n) is 3.00. The molecule has 1 aromatic rings. The van der Waals surface area contributed by atoms with Crippen LogP contribution in [0.25, 0.3) is 0 Å². The van der Waals surface area contributed by atoms with Crippen molar-refractivity contribution in [3.05, 3.63) is 34.2 Å². The summed E-state index contributed by atoms with van der Waals surface area (Å²) in [5, 5.41) is 5.21. The molecule has 1 aliphatic heterocycles. The van der Waals surface area contributed by atoms with Crippen molar-refractivity contribution in [2.45, 2.75) is 17.2 Å². The van der Waals surface area contributed by atoms with Crippen molar-refractivity contribution >= 4 is 28.7 Å². The van der Waals surface area contributed by atoms with Gasteiger partial charge < -0.3 is 4.74 Å². The van der Waals surface area contributed by atoms with E-state index in [4.69, 9.17) is 4.74 Å². The van der Waals surface area contributed by atoms with Crippen LogP contribution in [0.4, 0.5) is 0 Å². The summed E-state index contributed by atoms with van der Waals surface area (Å²) in [6.07, 6.45) is 5.73. The molecule has 0 radical (unpaired) electrons. The largest absolute Gasteiger partial charge is 0.457 e. The minimum atomic E-state index is -0.302. The number of rotatable bonds is 4. The zero-order valence-corrected chi connectivity index (χ0v) is 9.87. The maximum atomic E-state index is 10.2. The van der Waals surface area contributed by atoms with Gasteiger partial charge in [0, 0.05) is 0 Å². The van der Waals surface area contributed by atoms with Crippen LogP contribution in [0.15, 0.2) is 33.4 Å². The van der Waals surface area contributed by atoms with Crippen LogP contribution in [0.3, 0.4) is 0 Å². The molecular weight excluding hydrogens is 230 g/mol. The van der Waals surface area contributed by atoms with Gasteiger partial charge in [-0.1, -0.05) is 12.2 Å². The van der Waals surface area contributed by atoms with Crippen molar-refractivity contribution in [1.82, 2.24) is 4.98 Å². The molecule has 3 nitrogen and oxygen atoms in total. The first-order chi connectivity index (χ1) is 7.31.